The van der Waals surface area contributed by atoms with Crippen molar-refractivity contribution < 1.29 is 13.2 Å². The number of primary sulfonamides is 1. The molecule has 38 heavy (non-hydrogen) atoms. The molecule has 3 aromatic carbocycles. The molecule has 0 spiro atoms. The highest BCUT2D eigenvalue weighted by molar-refractivity contribution is 8.00. The predicted octanol–water partition coefficient (Wildman–Crippen LogP) is 3.75. The number of carbonyl (C=O) groups is 1. The van der Waals surface area contributed by atoms with Crippen LogP contribution in [0, 0.1) is 0 Å². The third-order valence-corrected chi connectivity index (χ3v) is 8.78. The van der Waals surface area contributed by atoms with Crippen molar-refractivity contribution in [3.05, 3.63) is 94.3 Å². The number of sulfonamides is 1. The molecule has 0 radical (unpaired) electrons. The second-order valence-corrected chi connectivity index (χ2v) is 12.3. The van der Waals surface area contributed by atoms with Crippen molar-refractivity contribution in [2.45, 2.75) is 54.6 Å². The summed E-state index contributed by atoms with van der Waals surface area (Å²) in [5.41, 5.74) is 3.33. The Hall–Kier alpha value is -3.47. The number of carbonyl (C=O) groups excluding carboxylic acids is 1. The standard InChI is InChI=1S/C28H28N4O4S2/c1-18-17-21-7-3-6-10-25(21)32(18)26(33)19(2)37-28-30-24-9-5-4-8-23(24)27(34)31(28)16-15-20-11-13-22(14-12-20)38(29,35)36/h3-14,18-19H,15-17H2,1-2H3,(H2,29,35,36)/t18-,19+/m0/s1. The van der Waals surface area contributed by atoms with Gasteiger partial charge in [-0.3, -0.25) is 14.2 Å². The van der Waals surface area contributed by atoms with E-state index in [2.05, 4.69) is 6.07 Å². The van der Waals surface area contributed by atoms with Gasteiger partial charge in [0.15, 0.2) is 5.16 Å². The molecule has 0 saturated carbocycles. The Morgan fingerprint density at radius 2 is 1.76 bits per heavy atom. The molecule has 196 valence electrons. The smallest absolute Gasteiger partial charge is 0.262 e. The number of aryl methyl sites for hydroxylation is 1. The zero-order chi connectivity index (χ0) is 27.0. The van der Waals surface area contributed by atoms with Crippen molar-refractivity contribution in [1.82, 2.24) is 9.55 Å². The zero-order valence-electron chi connectivity index (χ0n) is 21.1. The van der Waals surface area contributed by atoms with Crippen molar-refractivity contribution in [3.63, 3.8) is 0 Å². The predicted molar refractivity (Wildman–Crippen MR) is 150 cm³/mol. The highest BCUT2D eigenvalue weighted by Crippen LogP contribution is 2.34. The van der Waals surface area contributed by atoms with Gasteiger partial charge in [-0.1, -0.05) is 54.2 Å². The highest BCUT2D eigenvalue weighted by atomic mass is 32.2. The molecule has 8 nitrogen and oxygen atoms in total. The second-order valence-electron chi connectivity index (χ2n) is 9.46. The molecule has 0 fully saturated rings. The van der Waals surface area contributed by atoms with Crippen LogP contribution < -0.4 is 15.6 Å². The van der Waals surface area contributed by atoms with E-state index in [1.54, 1.807) is 34.9 Å². The van der Waals surface area contributed by atoms with Crippen molar-refractivity contribution in [2.24, 2.45) is 5.14 Å². The molecule has 1 amide bonds. The number of aromatic nitrogens is 2. The fourth-order valence-corrected chi connectivity index (χ4v) is 6.33. The van der Waals surface area contributed by atoms with Gasteiger partial charge in [0, 0.05) is 18.3 Å². The Labute approximate surface area is 225 Å². The van der Waals surface area contributed by atoms with E-state index in [0.717, 1.165) is 23.2 Å². The van der Waals surface area contributed by atoms with Crippen molar-refractivity contribution >= 4 is 44.3 Å². The number of thioether (sulfide) groups is 1. The maximum atomic E-state index is 13.6. The van der Waals surface area contributed by atoms with Crippen molar-refractivity contribution in [2.75, 3.05) is 4.90 Å². The first-order chi connectivity index (χ1) is 18.1. The molecule has 0 aliphatic carbocycles. The van der Waals surface area contributed by atoms with Gasteiger partial charge in [0.2, 0.25) is 15.9 Å². The van der Waals surface area contributed by atoms with E-state index >= 15 is 0 Å². The number of nitrogens with zero attached hydrogens (tertiary/aromatic N) is 3. The minimum atomic E-state index is -3.78. The van der Waals surface area contributed by atoms with Gasteiger partial charge >= 0.3 is 0 Å². The molecule has 0 bridgehead atoms. The Morgan fingerprint density at radius 3 is 2.50 bits per heavy atom. The minimum Gasteiger partial charge on any atom is -0.308 e. The van der Waals surface area contributed by atoms with E-state index in [1.165, 1.54) is 23.9 Å². The molecule has 4 aromatic rings. The summed E-state index contributed by atoms with van der Waals surface area (Å²) in [4.78, 5) is 33.8. The summed E-state index contributed by atoms with van der Waals surface area (Å²) >= 11 is 1.28. The van der Waals surface area contributed by atoms with Crippen molar-refractivity contribution in [1.29, 1.82) is 0 Å². The minimum absolute atomic E-state index is 0.0278. The van der Waals surface area contributed by atoms with E-state index in [-0.39, 0.29) is 22.4 Å². The second kappa shape index (κ2) is 10.4. The van der Waals surface area contributed by atoms with Crippen LogP contribution in [0.4, 0.5) is 5.69 Å². The molecule has 5 rings (SSSR count). The Bertz CT molecular complexity index is 1680. The van der Waals surface area contributed by atoms with Gasteiger partial charge in [-0.15, -0.1) is 0 Å². The third kappa shape index (κ3) is 5.11. The molecule has 2 heterocycles. The molecule has 0 saturated heterocycles. The highest BCUT2D eigenvalue weighted by Gasteiger charge is 2.34. The van der Waals surface area contributed by atoms with Crippen molar-refractivity contribution in [3.8, 4) is 0 Å². The lowest BCUT2D eigenvalue weighted by Gasteiger charge is -2.26. The first-order valence-electron chi connectivity index (χ1n) is 12.3. The van der Waals surface area contributed by atoms with Gasteiger partial charge < -0.3 is 4.90 Å². The molecule has 1 aliphatic heterocycles. The summed E-state index contributed by atoms with van der Waals surface area (Å²) < 4.78 is 24.7. The first kappa shape index (κ1) is 26.1. The lowest BCUT2D eigenvalue weighted by atomic mass is 10.1. The Balaban J connectivity index is 1.44. The molecule has 10 heteroatoms. The van der Waals surface area contributed by atoms with Crippen LogP contribution in [-0.2, 0) is 34.2 Å². The monoisotopic (exact) mass is 548 g/mol. The largest absolute Gasteiger partial charge is 0.308 e. The summed E-state index contributed by atoms with van der Waals surface area (Å²) in [7, 11) is -3.78. The Morgan fingerprint density at radius 1 is 1.08 bits per heavy atom. The van der Waals surface area contributed by atoms with Crippen LogP contribution in [0.1, 0.15) is 25.0 Å². The number of para-hydroxylation sites is 2. The van der Waals surface area contributed by atoms with Crippen LogP contribution in [0.15, 0.2) is 87.6 Å². The van der Waals surface area contributed by atoms with Crippen LogP contribution in [0.3, 0.4) is 0 Å². The first-order valence-corrected chi connectivity index (χ1v) is 14.7. The summed E-state index contributed by atoms with van der Waals surface area (Å²) in [5, 5.41) is 5.70. The van der Waals surface area contributed by atoms with E-state index in [1.807, 2.05) is 43.0 Å². The average molecular weight is 549 g/mol. The summed E-state index contributed by atoms with van der Waals surface area (Å²) in [5.74, 6) is -0.0278. The maximum absolute atomic E-state index is 13.6. The molecule has 2 N–H and O–H groups in total. The fraction of sp³-hybridized carbons (Fsp3) is 0.250. The lowest BCUT2D eigenvalue weighted by Crippen LogP contribution is -2.40. The quantitative estimate of drug-likeness (QED) is 0.278. The number of benzene rings is 3. The molecule has 2 atom stereocenters. The van der Waals surface area contributed by atoms with Crippen LogP contribution in [0.25, 0.3) is 10.9 Å². The van der Waals surface area contributed by atoms with Gasteiger partial charge in [0.05, 0.1) is 21.0 Å². The number of rotatable bonds is 7. The van der Waals surface area contributed by atoms with Gasteiger partial charge in [-0.25, -0.2) is 18.5 Å². The maximum Gasteiger partial charge on any atom is 0.262 e. The Kier molecular flexibility index (Phi) is 7.13. The summed E-state index contributed by atoms with van der Waals surface area (Å²) in [6.07, 6.45) is 1.28. The van der Waals surface area contributed by atoms with Gasteiger partial charge in [-0.2, -0.15) is 0 Å². The van der Waals surface area contributed by atoms with Crippen LogP contribution in [0.5, 0.6) is 0 Å². The van der Waals surface area contributed by atoms with Gasteiger partial charge in [0.25, 0.3) is 5.56 Å². The lowest BCUT2D eigenvalue weighted by molar-refractivity contribution is -0.118. The molecule has 1 aromatic heterocycles. The number of fused-ring (bicyclic) bond motifs is 2. The van der Waals surface area contributed by atoms with Gasteiger partial charge in [-0.05, 0) is 68.1 Å². The van der Waals surface area contributed by atoms with Crippen LogP contribution >= 0.6 is 11.8 Å². The molecular weight excluding hydrogens is 520 g/mol. The average Bonchev–Trinajstić information content (AvgIpc) is 3.23. The number of amides is 1. The van der Waals surface area contributed by atoms with E-state index in [9.17, 15) is 18.0 Å². The van der Waals surface area contributed by atoms with Crippen LogP contribution in [-0.4, -0.2) is 35.2 Å². The zero-order valence-corrected chi connectivity index (χ0v) is 22.7. The van der Waals surface area contributed by atoms with Gasteiger partial charge in [0.1, 0.15) is 0 Å². The third-order valence-electron chi connectivity index (χ3n) is 6.78. The number of hydrogen-bond acceptors (Lipinski definition) is 6. The summed E-state index contributed by atoms with van der Waals surface area (Å²) in [6, 6.07) is 21.4. The summed E-state index contributed by atoms with van der Waals surface area (Å²) in [6.45, 7) is 4.20. The van der Waals surface area contributed by atoms with Crippen LogP contribution in [0.2, 0.25) is 0 Å². The van der Waals surface area contributed by atoms with E-state index in [0.29, 0.717) is 29.0 Å². The van der Waals surface area contributed by atoms with E-state index in [4.69, 9.17) is 10.1 Å². The molecular formula is C28H28N4O4S2. The SMILES string of the molecule is C[C@@H](Sc1nc2ccccc2c(=O)n1CCc1ccc(S(N)(=O)=O)cc1)C(=O)N1c2ccccc2C[C@@H]1C. The number of anilines is 1. The normalized spacial score (nSPS) is 16.0. The molecule has 0 unspecified atom stereocenters. The van der Waals surface area contributed by atoms with E-state index < -0.39 is 15.3 Å². The number of hydrogen-bond donors (Lipinski definition) is 1. The topological polar surface area (TPSA) is 115 Å². The molecule has 1 aliphatic rings. The number of nitrogens with two attached hydrogens (primary N) is 1. The fourth-order valence-electron chi connectivity index (χ4n) is 4.83.